The first-order valence-corrected chi connectivity index (χ1v) is 2.57. The molecule has 0 N–H and O–H groups in total. The Bertz CT molecular complexity index is 18.3. The monoisotopic (exact) mass is 130 g/mol. The molecule has 0 rings (SSSR count). The first kappa shape index (κ1) is 10.8. The summed E-state index contributed by atoms with van der Waals surface area (Å²) in [4.78, 5) is 0. The zero-order chi connectivity index (χ0) is 4.12. The zero-order valence-corrected chi connectivity index (χ0v) is 8.17. The number of rotatable bonds is 2. The van der Waals surface area contributed by atoms with Crippen molar-refractivity contribution in [3.63, 3.8) is 0 Å². The Hall–Kier alpha value is 1.95. The van der Waals surface area contributed by atoms with Crippen molar-refractivity contribution in [2.75, 3.05) is 5.75 Å². The Balaban J connectivity index is 0. The Morgan fingerprint density at radius 2 is 2.17 bits per heavy atom. The van der Waals surface area contributed by atoms with Crippen molar-refractivity contribution in [1.82, 2.24) is 0 Å². The van der Waals surface area contributed by atoms with Gasteiger partial charge in [0, 0.05) is 0 Å². The zero-order valence-electron chi connectivity index (χ0n) is 4.23. The largest absolute Gasteiger partial charge is 1.00 e. The van der Waals surface area contributed by atoms with E-state index in [-0.39, 0.29) is 51.4 Å². The molecule has 0 aliphatic rings. The maximum Gasteiger partial charge on any atom is 1.00 e. The van der Waals surface area contributed by atoms with Crippen molar-refractivity contribution in [1.29, 1.82) is 0 Å². The summed E-state index contributed by atoms with van der Waals surface area (Å²) in [5.41, 5.74) is 0. The fourth-order valence-electron chi connectivity index (χ4n) is 0.0833. The van der Waals surface area contributed by atoms with Gasteiger partial charge < -0.3 is 4.55 Å². The van der Waals surface area contributed by atoms with Crippen LogP contribution in [-0.4, -0.2) is 10.3 Å². The molecule has 32 valence electrons. The van der Waals surface area contributed by atoms with E-state index in [9.17, 15) is 4.55 Å². The van der Waals surface area contributed by atoms with Crippen LogP contribution >= 0.6 is 12.0 Å². The molecule has 0 aromatic rings. The van der Waals surface area contributed by atoms with E-state index in [1.807, 2.05) is 6.92 Å². The van der Waals surface area contributed by atoms with Gasteiger partial charge in [-0.2, -0.15) is 0 Å². The van der Waals surface area contributed by atoms with Crippen LogP contribution in [0.2, 0.25) is 0 Å². The minimum Gasteiger partial charge on any atom is -0.799 e. The molecule has 0 unspecified atom stereocenters. The molecule has 0 aromatic carbocycles. The molecule has 0 fully saturated rings. The maximum atomic E-state index is 9.45. The van der Waals surface area contributed by atoms with E-state index in [4.69, 9.17) is 0 Å². The molecule has 6 heavy (non-hydrogen) atoms. The van der Waals surface area contributed by atoms with Gasteiger partial charge in [0.2, 0.25) is 0 Å². The van der Waals surface area contributed by atoms with Gasteiger partial charge in [0.15, 0.2) is 0 Å². The summed E-state index contributed by atoms with van der Waals surface area (Å²) in [6.45, 7) is 1.99. The summed E-state index contributed by atoms with van der Waals surface area (Å²) in [7, 11) is 0. The average molecular weight is 130 g/mol. The van der Waals surface area contributed by atoms with E-state index in [0.29, 0.717) is 12.0 Å². The quantitative estimate of drug-likeness (QED) is 0.327. The van der Waals surface area contributed by atoms with Crippen molar-refractivity contribution in [2.45, 2.75) is 13.3 Å². The van der Waals surface area contributed by atoms with Gasteiger partial charge in [0.05, 0.1) is 0 Å². The molecule has 0 atom stereocenters. The second kappa shape index (κ2) is 10.0. The Morgan fingerprint density at radius 3 is 2.17 bits per heavy atom. The van der Waals surface area contributed by atoms with Crippen LogP contribution < -0.4 is 51.4 Å². The molecule has 0 aliphatic heterocycles. The number of hydrogen-bond acceptors (Lipinski definition) is 2. The molecular weight excluding hydrogens is 123 g/mol. The smallest absolute Gasteiger partial charge is 0.799 e. The van der Waals surface area contributed by atoms with Gasteiger partial charge in [-0.15, -0.1) is 0 Å². The fraction of sp³-hybridized carbons (Fsp3) is 1.00. The summed E-state index contributed by atoms with van der Waals surface area (Å²) >= 11 is 0.652. The molecule has 1 nitrogen and oxygen atoms in total. The van der Waals surface area contributed by atoms with Crippen LogP contribution in [0, 0.1) is 0 Å². The van der Waals surface area contributed by atoms with Crippen LogP contribution in [0.15, 0.2) is 0 Å². The third-order valence-electron chi connectivity index (χ3n) is 0.287. The van der Waals surface area contributed by atoms with Crippen LogP contribution in [0.4, 0.5) is 0 Å². The second-order valence-corrected chi connectivity index (χ2v) is 1.47. The first-order chi connectivity index (χ1) is 2.41. The average Bonchev–Trinajstić information content (AvgIpc) is 1.41. The predicted octanol–water partition coefficient (Wildman–Crippen LogP) is -1.74. The van der Waals surface area contributed by atoms with Crippen molar-refractivity contribution < 1.29 is 55.9 Å². The van der Waals surface area contributed by atoms with Crippen molar-refractivity contribution in [2.24, 2.45) is 0 Å². The molecule has 0 amide bonds. The van der Waals surface area contributed by atoms with Crippen molar-refractivity contribution in [3.05, 3.63) is 0 Å². The molecule has 0 heterocycles. The molecule has 0 aromatic heterocycles. The van der Waals surface area contributed by atoms with Crippen LogP contribution in [0.25, 0.3) is 0 Å². The fourth-order valence-corrected chi connectivity index (χ4v) is 0.250. The molecule has 0 aliphatic carbocycles. The van der Waals surface area contributed by atoms with Gasteiger partial charge in [-0.1, -0.05) is 6.92 Å². The van der Waals surface area contributed by atoms with E-state index in [0.717, 1.165) is 12.2 Å². The standard InChI is InChI=1S/C3H8OS.K/c1-2-3-5-4;/h4H,2-3H2,1H3;/q;+1/p-1. The summed E-state index contributed by atoms with van der Waals surface area (Å²) in [6, 6.07) is 0. The summed E-state index contributed by atoms with van der Waals surface area (Å²) < 4.78 is 9.45. The second-order valence-electron chi connectivity index (χ2n) is 0.822. The summed E-state index contributed by atoms with van der Waals surface area (Å²) in [5.74, 6) is 0.750. The van der Waals surface area contributed by atoms with E-state index < -0.39 is 0 Å². The third kappa shape index (κ3) is 9.34. The molecule has 0 saturated heterocycles. The SMILES string of the molecule is CCCS[O-].[K+]. The van der Waals surface area contributed by atoms with Crippen molar-refractivity contribution in [3.8, 4) is 0 Å². The molecule has 0 radical (unpaired) electrons. The third-order valence-corrected chi connectivity index (χ3v) is 0.862. The Morgan fingerprint density at radius 1 is 1.67 bits per heavy atom. The summed E-state index contributed by atoms with van der Waals surface area (Å²) in [5, 5.41) is 0. The Labute approximate surface area is 85.5 Å². The Kier molecular flexibility index (Phi) is 18.1. The molecule has 3 heteroatoms. The molecule has 0 bridgehead atoms. The van der Waals surface area contributed by atoms with E-state index >= 15 is 0 Å². The summed E-state index contributed by atoms with van der Waals surface area (Å²) in [6.07, 6.45) is 0.994. The van der Waals surface area contributed by atoms with Gasteiger partial charge >= 0.3 is 51.4 Å². The van der Waals surface area contributed by atoms with Gasteiger partial charge in [-0.3, -0.25) is 12.0 Å². The minimum absolute atomic E-state index is 0. The van der Waals surface area contributed by atoms with Crippen molar-refractivity contribution >= 4 is 12.0 Å². The van der Waals surface area contributed by atoms with Crippen LogP contribution in [0.5, 0.6) is 0 Å². The van der Waals surface area contributed by atoms with Crippen LogP contribution in [-0.2, 0) is 0 Å². The van der Waals surface area contributed by atoms with Gasteiger partial charge in [-0.05, 0) is 12.2 Å². The van der Waals surface area contributed by atoms with Crippen LogP contribution in [0.1, 0.15) is 13.3 Å². The normalized spacial score (nSPS) is 7.00. The van der Waals surface area contributed by atoms with Gasteiger partial charge in [-0.25, -0.2) is 0 Å². The van der Waals surface area contributed by atoms with Gasteiger partial charge in [0.25, 0.3) is 0 Å². The van der Waals surface area contributed by atoms with Crippen LogP contribution in [0.3, 0.4) is 0 Å². The minimum atomic E-state index is 0. The van der Waals surface area contributed by atoms with E-state index in [1.165, 1.54) is 0 Å². The van der Waals surface area contributed by atoms with E-state index in [2.05, 4.69) is 0 Å². The predicted molar refractivity (Wildman–Crippen MR) is 23.5 cm³/mol. The molecular formula is C3H7KOS. The molecule has 0 saturated carbocycles. The van der Waals surface area contributed by atoms with E-state index in [1.54, 1.807) is 0 Å². The maximum absolute atomic E-state index is 9.45. The number of hydrogen-bond donors (Lipinski definition) is 0. The van der Waals surface area contributed by atoms with Gasteiger partial charge in [0.1, 0.15) is 0 Å². The molecule has 0 spiro atoms. The topological polar surface area (TPSA) is 23.1 Å². The first-order valence-electron chi connectivity index (χ1n) is 1.66.